The number of hydrogen-bond donors (Lipinski definition) is 2. The molecule has 2 aromatic carbocycles. The normalized spacial score (nSPS) is 11.6. The zero-order valence-electron chi connectivity index (χ0n) is 18.0. The fraction of sp³-hybridized carbons (Fsp3) is 0.273. The largest absolute Gasteiger partial charge is 0.491 e. The van der Waals surface area contributed by atoms with E-state index in [1.54, 1.807) is 12.1 Å². The van der Waals surface area contributed by atoms with E-state index in [4.69, 9.17) is 19.9 Å². The van der Waals surface area contributed by atoms with Gasteiger partial charge in [-0.05, 0) is 24.3 Å². The number of carbonyl (C=O) groups excluding carboxylic acids is 2. The van der Waals surface area contributed by atoms with E-state index in [2.05, 4.69) is 10.1 Å². The second-order valence-electron chi connectivity index (χ2n) is 6.63. The number of hydrogen-bond acceptors (Lipinski definition) is 7. The van der Waals surface area contributed by atoms with E-state index in [1.165, 1.54) is 25.3 Å². The van der Waals surface area contributed by atoms with Gasteiger partial charge in [0.2, 0.25) is 0 Å². The summed E-state index contributed by atoms with van der Waals surface area (Å²) in [6.07, 6.45) is -5.07. The molecule has 0 aromatic heterocycles. The first-order chi connectivity index (χ1) is 16.2. The topological polar surface area (TPSA) is 109 Å². The molecule has 8 nitrogen and oxygen atoms in total. The Morgan fingerprint density at radius 1 is 1.06 bits per heavy atom. The summed E-state index contributed by atoms with van der Waals surface area (Å²) in [5.41, 5.74) is 5.29. The Morgan fingerprint density at radius 2 is 1.79 bits per heavy atom. The van der Waals surface area contributed by atoms with Gasteiger partial charge in [-0.3, -0.25) is 4.79 Å². The van der Waals surface area contributed by atoms with Crippen LogP contribution in [0.25, 0.3) is 0 Å². The van der Waals surface area contributed by atoms with Crippen LogP contribution < -0.4 is 25.3 Å². The van der Waals surface area contributed by atoms with Crippen molar-refractivity contribution in [3.05, 3.63) is 59.9 Å². The number of amides is 1. The molecule has 1 amide bonds. The van der Waals surface area contributed by atoms with Crippen molar-refractivity contribution in [2.24, 2.45) is 5.73 Å². The summed E-state index contributed by atoms with van der Waals surface area (Å²) in [7, 11) is 1.51. The van der Waals surface area contributed by atoms with Crippen molar-refractivity contribution in [2.75, 3.05) is 38.8 Å². The van der Waals surface area contributed by atoms with Gasteiger partial charge >= 0.3 is 12.1 Å². The Balaban J connectivity index is 2.26. The van der Waals surface area contributed by atoms with Crippen molar-refractivity contribution in [3.8, 4) is 17.2 Å². The molecule has 2 rings (SSSR count). The summed E-state index contributed by atoms with van der Waals surface area (Å²) in [4.78, 5) is 24.1. The van der Waals surface area contributed by atoms with E-state index in [9.17, 15) is 27.2 Å². The zero-order valence-corrected chi connectivity index (χ0v) is 18.0. The molecule has 0 spiro atoms. The molecule has 0 heterocycles. The standard InChI is InChI=1S/C22H22F4N2O6/c1-31-7-8-32-16-4-2-3-15(9-16)28-20(29)18-6-5-17(33-13-14(11-23)12-27)10-19(18)34-21(30)22(24,25)26/h2-6,9-11H,7-8,12-13,27H2,1H3,(H,28,29)/b14-11-. The summed E-state index contributed by atoms with van der Waals surface area (Å²) < 4.78 is 70.9. The van der Waals surface area contributed by atoms with E-state index >= 15 is 0 Å². The van der Waals surface area contributed by atoms with Gasteiger partial charge in [0, 0.05) is 37.0 Å². The number of halogens is 4. The fourth-order valence-corrected chi connectivity index (χ4v) is 2.44. The van der Waals surface area contributed by atoms with Crippen molar-refractivity contribution in [3.63, 3.8) is 0 Å². The molecular weight excluding hydrogens is 464 g/mol. The van der Waals surface area contributed by atoms with Crippen molar-refractivity contribution >= 4 is 17.6 Å². The van der Waals surface area contributed by atoms with E-state index in [0.29, 0.717) is 12.4 Å². The molecule has 3 N–H and O–H groups in total. The third-order valence-corrected chi connectivity index (χ3v) is 4.12. The number of rotatable bonds is 11. The molecule has 0 radical (unpaired) electrons. The number of nitrogens with one attached hydrogen (secondary N) is 1. The van der Waals surface area contributed by atoms with Crippen LogP contribution in [0.5, 0.6) is 17.2 Å². The first kappa shape index (κ1) is 26.6. The predicted octanol–water partition coefficient (Wildman–Crippen LogP) is 3.62. The number of carbonyl (C=O) groups is 2. The SMILES string of the molecule is COCCOc1cccc(NC(=O)c2ccc(OC/C(=C\F)CN)cc2OC(=O)C(F)(F)F)c1. The van der Waals surface area contributed by atoms with Crippen LogP contribution in [-0.2, 0) is 9.53 Å². The van der Waals surface area contributed by atoms with Crippen molar-refractivity contribution in [1.82, 2.24) is 0 Å². The Bertz CT molecular complexity index is 1030. The highest BCUT2D eigenvalue weighted by Gasteiger charge is 2.42. The average molecular weight is 486 g/mol. The van der Waals surface area contributed by atoms with Crippen LogP contribution >= 0.6 is 0 Å². The van der Waals surface area contributed by atoms with Gasteiger partial charge in [0.1, 0.15) is 30.5 Å². The second-order valence-corrected chi connectivity index (χ2v) is 6.63. The second kappa shape index (κ2) is 12.6. The minimum absolute atomic E-state index is 0.0725. The Morgan fingerprint density at radius 3 is 2.44 bits per heavy atom. The minimum atomic E-state index is -5.30. The highest BCUT2D eigenvalue weighted by molar-refractivity contribution is 6.06. The number of alkyl halides is 3. The molecule has 0 aliphatic carbocycles. The van der Waals surface area contributed by atoms with Crippen molar-refractivity contribution in [1.29, 1.82) is 0 Å². The van der Waals surface area contributed by atoms with Crippen LogP contribution in [0.1, 0.15) is 10.4 Å². The quantitative estimate of drug-likeness (QED) is 0.216. The van der Waals surface area contributed by atoms with Gasteiger partial charge in [-0.2, -0.15) is 13.2 Å². The molecule has 0 atom stereocenters. The molecule has 0 aliphatic heterocycles. The highest BCUT2D eigenvalue weighted by atomic mass is 19.4. The van der Waals surface area contributed by atoms with E-state index < -0.39 is 23.8 Å². The Labute approximate surface area is 192 Å². The fourth-order valence-electron chi connectivity index (χ4n) is 2.44. The van der Waals surface area contributed by atoms with Crippen LogP contribution in [0.4, 0.5) is 23.2 Å². The number of anilines is 1. The van der Waals surface area contributed by atoms with Crippen LogP contribution in [0, 0.1) is 0 Å². The summed E-state index contributed by atoms with van der Waals surface area (Å²) in [5.74, 6) is -3.76. The summed E-state index contributed by atoms with van der Waals surface area (Å²) in [6, 6.07) is 9.50. The molecule has 0 fully saturated rings. The van der Waals surface area contributed by atoms with Gasteiger partial charge in [0.25, 0.3) is 5.91 Å². The lowest BCUT2D eigenvalue weighted by Crippen LogP contribution is -2.29. The van der Waals surface area contributed by atoms with Crippen LogP contribution in [0.2, 0.25) is 0 Å². The van der Waals surface area contributed by atoms with Crippen molar-refractivity contribution in [2.45, 2.75) is 6.18 Å². The maximum atomic E-state index is 12.7. The minimum Gasteiger partial charge on any atom is -0.491 e. The van der Waals surface area contributed by atoms with Crippen LogP contribution in [0.15, 0.2) is 54.4 Å². The predicted molar refractivity (Wildman–Crippen MR) is 114 cm³/mol. The van der Waals surface area contributed by atoms with Crippen LogP contribution in [0.3, 0.4) is 0 Å². The molecular formula is C22H22F4N2O6. The highest BCUT2D eigenvalue weighted by Crippen LogP contribution is 2.29. The van der Waals surface area contributed by atoms with Crippen molar-refractivity contribution < 1.29 is 46.1 Å². The lowest BCUT2D eigenvalue weighted by molar-refractivity contribution is -0.189. The maximum Gasteiger partial charge on any atom is 0.491 e. The lowest BCUT2D eigenvalue weighted by Gasteiger charge is -2.14. The monoisotopic (exact) mass is 486 g/mol. The molecule has 184 valence electrons. The number of nitrogens with two attached hydrogens (primary N) is 1. The van der Waals surface area contributed by atoms with Gasteiger partial charge in [0.05, 0.1) is 18.5 Å². The molecule has 0 aliphatic rings. The number of methoxy groups -OCH3 is 1. The molecule has 12 heteroatoms. The first-order valence-electron chi connectivity index (χ1n) is 9.75. The first-order valence-corrected chi connectivity index (χ1v) is 9.75. The summed E-state index contributed by atoms with van der Waals surface area (Å²) in [6.45, 7) is 0.144. The Kier molecular flexibility index (Phi) is 9.83. The van der Waals surface area contributed by atoms with E-state index in [-0.39, 0.29) is 48.7 Å². The average Bonchev–Trinajstić information content (AvgIpc) is 2.79. The van der Waals surface area contributed by atoms with E-state index in [0.717, 1.165) is 12.1 Å². The molecule has 0 saturated carbocycles. The zero-order chi connectivity index (χ0) is 25.1. The maximum absolute atomic E-state index is 12.7. The molecule has 0 unspecified atom stereocenters. The van der Waals surface area contributed by atoms with Gasteiger partial charge in [-0.1, -0.05) is 6.07 Å². The molecule has 0 saturated heterocycles. The van der Waals surface area contributed by atoms with Gasteiger partial charge < -0.3 is 30.0 Å². The third kappa shape index (κ3) is 8.05. The van der Waals surface area contributed by atoms with Gasteiger partial charge in [-0.15, -0.1) is 0 Å². The third-order valence-electron chi connectivity index (χ3n) is 4.12. The van der Waals surface area contributed by atoms with E-state index in [1.807, 2.05) is 0 Å². The van der Waals surface area contributed by atoms with Crippen LogP contribution in [-0.4, -0.2) is 51.5 Å². The summed E-state index contributed by atoms with van der Waals surface area (Å²) in [5, 5.41) is 2.49. The van der Waals surface area contributed by atoms with Gasteiger partial charge in [0.15, 0.2) is 0 Å². The number of esters is 1. The molecule has 0 bridgehead atoms. The smallest absolute Gasteiger partial charge is 0.491 e. The number of ether oxygens (including phenoxy) is 4. The molecule has 2 aromatic rings. The molecule has 34 heavy (non-hydrogen) atoms. The Hall–Kier alpha value is -3.64. The lowest BCUT2D eigenvalue weighted by atomic mass is 10.1. The number of benzene rings is 2. The van der Waals surface area contributed by atoms with Gasteiger partial charge in [-0.25, -0.2) is 9.18 Å². The summed E-state index contributed by atoms with van der Waals surface area (Å²) >= 11 is 0.